The van der Waals surface area contributed by atoms with Crippen LogP contribution in [0.1, 0.15) is 33.3 Å². The van der Waals surface area contributed by atoms with Crippen LogP contribution in [0.2, 0.25) is 0 Å². The fraction of sp³-hybridized carbons (Fsp3) is 0.0667. The Labute approximate surface area is 206 Å². The highest BCUT2D eigenvalue weighted by molar-refractivity contribution is 5.99. The summed E-state index contributed by atoms with van der Waals surface area (Å²) in [6.07, 6.45) is 0. The Morgan fingerprint density at radius 1 is 0.806 bits per heavy atom. The largest absolute Gasteiger partial charge is 0.457 e. The van der Waals surface area contributed by atoms with E-state index in [1.807, 2.05) is 84.9 Å². The van der Waals surface area contributed by atoms with Gasteiger partial charge in [0.15, 0.2) is 5.43 Å². The summed E-state index contributed by atoms with van der Waals surface area (Å²) >= 11 is 0. The molecule has 0 spiro atoms. The van der Waals surface area contributed by atoms with Crippen LogP contribution in [-0.4, -0.2) is 10.8 Å². The second kappa shape index (κ2) is 8.82. The van der Waals surface area contributed by atoms with Gasteiger partial charge >= 0.3 is 0 Å². The zero-order valence-corrected chi connectivity index (χ0v) is 19.1. The van der Waals surface area contributed by atoms with Crippen LogP contribution in [0.4, 0.5) is 4.39 Å². The van der Waals surface area contributed by atoms with Gasteiger partial charge in [-0.3, -0.25) is 9.59 Å². The lowest BCUT2D eigenvalue weighted by Crippen LogP contribution is -2.29. The summed E-state index contributed by atoms with van der Waals surface area (Å²) in [5, 5.41) is 0.102. The number of para-hydroxylation sites is 1. The van der Waals surface area contributed by atoms with Crippen molar-refractivity contribution < 1.29 is 18.3 Å². The summed E-state index contributed by atoms with van der Waals surface area (Å²) in [7, 11) is 0. The van der Waals surface area contributed by atoms with Crippen molar-refractivity contribution in [2.45, 2.75) is 12.6 Å². The molecule has 0 N–H and O–H groups in total. The van der Waals surface area contributed by atoms with Gasteiger partial charge in [0.1, 0.15) is 22.9 Å². The molecule has 5 aromatic rings. The van der Waals surface area contributed by atoms with Gasteiger partial charge in [0.25, 0.3) is 5.91 Å². The van der Waals surface area contributed by atoms with E-state index in [-0.39, 0.29) is 28.8 Å². The van der Waals surface area contributed by atoms with Crippen molar-refractivity contribution in [1.29, 1.82) is 0 Å². The molecule has 176 valence electrons. The SMILES string of the molecule is O=C1c2oc3ccc(F)cc3c(=O)c2C(c2cccc(Oc3ccccc3)c2)N1Cc1ccccc1. The molecule has 1 unspecified atom stereocenters. The van der Waals surface area contributed by atoms with Crippen LogP contribution in [0.5, 0.6) is 11.5 Å². The van der Waals surface area contributed by atoms with Crippen LogP contribution in [0.15, 0.2) is 112 Å². The normalized spacial score (nSPS) is 14.8. The minimum atomic E-state index is -0.726. The molecule has 0 aliphatic carbocycles. The Morgan fingerprint density at radius 2 is 1.53 bits per heavy atom. The van der Waals surface area contributed by atoms with Crippen LogP contribution in [0.25, 0.3) is 11.0 Å². The quantitative estimate of drug-likeness (QED) is 0.291. The number of carbonyl (C=O) groups is 1. The first-order valence-electron chi connectivity index (χ1n) is 11.5. The van der Waals surface area contributed by atoms with E-state index in [0.717, 1.165) is 11.6 Å². The number of ether oxygens (including phenoxy) is 1. The van der Waals surface area contributed by atoms with Crippen molar-refractivity contribution >= 4 is 16.9 Å². The van der Waals surface area contributed by atoms with E-state index < -0.39 is 23.2 Å². The molecule has 6 rings (SSSR count). The van der Waals surface area contributed by atoms with E-state index >= 15 is 0 Å². The van der Waals surface area contributed by atoms with Gasteiger partial charge in [0.2, 0.25) is 5.76 Å². The van der Waals surface area contributed by atoms with Gasteiger partial charge in [-0.05, 0) is 53.6 Å². The predicted octanol–water partition coefficient (Wildman–Crippen LogP) is 6.47. The molecule has 0 saturated heterocycles. The summed E-state index contributed by atoms with van der Waals surface area (Å²) in [6.45, 7) is 0.266. The van der Waals surface area contributed by atoms with Crippen LogP contribution < -0.4 is 10.2 Å². The third kappa shape index (κ3) is 3.82. The number of hydrogen-bond acceptors (Lipinski definition) is 4. The second-order valence-electron chi connectivity index (χ2n) is 8.62. The number of rotatable bonds is 5. The molecular weight excluding hydrogens is 457 g/mol. The molecule has 1 aromatic heterocycles. The molecule has 1 aliphatic heterocycles. The number of nitrogens with zero attached hydrogens (tertiary/aromatic N) is 1. The standard InChI is InChI=1S/C30H20FNO4/c31-21-14-15-25-24(17-21)28(33)26-27(20-10-7-13-23(16-20)35-22-11-5-2-6-12-22)32(30(34)29(26)36-25)18-19-8-3-1-4-9-19/h1-17,27H,18H2. The number of benzene rings is 4. The van der Waals surface area contributed by atoms with E-state index in [1.54, 1.807) is 4.90 Å². The smallest absolute Gasteiger partial charge is 0.291 e. The first-order valence-corrected chi connectivity index (χ1v) is 11.5. The summed E-state index contributed by atoms with van der Waals surface area (Å²) in [5.74, 6) is 0.274. The van der Waals surface area contributed by atoms with Gasteiger partial charge in [0, 0.05) is 6.54 Å². The van der Waals surface area contributed by atoms with E-state index in [0.29, 0.717) is 17.1 Å². The molecule has 1 amide bonds. The van der Waals surface area contributed by atoms with Crippen molar-refractivity contribution in [3.05, 3.63) is 142 Å². The Hall–Kier alpha value is -4.71. The van der Waals surface area contributed by atoms with Crippen LogP contribution in [-0.2, 0) is 6.54 Å². The number of halogens is 1. The monoisotopic (exact) mass is 477 g/mol. The average Bonchev–Trinajstić information content (AvgIpc) is 3.17. The molecule has 2 heterocycles. The van der Waals surface area contributed by atoms with Crippen molar-refractivity contribution in [2.75, 3.05) is 0 Å². The Bertz CT molecular complexity index is 1650. The molecule has 0 fully saturated rings. The Balaban J connectivity index is 1.51. The van der Waals surface area contributed by atoms with Gasteiger partial charge in [-0.2, -0.15) is 0 Å². The number of amides is 1. The maximum Gasteiger partial charge on any atom is 0.291 e. The summed E-state index contributed by atoms with van der Waals surface area (Å²) in [6, 6.07) is 29.2. The predicted molar refractivity (Wildman–Crippen MR) is 134 cm³/mol. The lowest BCUT2D eigenvalue weighted by Gasteiger charge is -2.25. The van der Waals surface area contributed by atoms with E-state index in [9.17, 15) is 14.0 Å². The minimum Gasteiger partial charge on any atom is -0.457 e. The summed E-state index contributed by atoms with van der Waals surface area (Å²) in [4.78, 5) is 28.9. The molecule has 6 heteroatoms. The van der Waals surface area contributed by atoms with Gasteiger partial charge in [-0.15, -0.1) is 0 Å². The fourth-order valence-electron chi connectivity index (χ4n) is 4.66. The van der Waals surface area contributed by atoms with Crippen molar-refractivity contribution in [3.63, 3.8) is 0 Å². The third-order valence-corrected chi connectivity index (χ3v) is 6.28. The maximum atomic E-state index is 14.0. The first-order chi connectivity index (χ1) is 17.6. The minimum absolute atomic E-state index is 0.0191. The molecule has 0 saturated carbocycles. The van der Waals surface area contributed by atoms with Crippen molar-refractivity contribution in [2.24, 2.45) is 0 Å². The maximum absolute atomic E-state index is 14.0. The molecule has 1 atom stereocenters. The van der Waals surface area contributed by atoms with Gasteiger partial charge < -0.3 is 14.1 Å². The Kier molecular flexibility index (Phi) is 5.34. The fourth-order valence-corrected chi connectivity index (χ4v) is 4.66. The molecular formula is C30H20FNO4. The zero-order valence-electron chi connectivity index (χ0n) is 19.1. The van der Waals surface area contributed by atoms with Crippen LogP contribution >= 0.6 is 0 Å². The molecule has 0 bridgehead atoms. The lowest BCUT2D eigenvalue weighted by molar-refractivity contribution is 0.0714. The van der Waals surface area contributed by atoms with E-state index in [2.05, 4.69) is 0 Å². The van der Waals surface area contributed by atoms with Gasteiger partial charge in [0.05, 0.1) is 17.0 Å². The summed E-state index contributed by atoms with van der Waals surface area (Å²) in [5.41, 5.74) is 1.55. The first kappa shape index (κ1) is 21.8. The molecule has 5 nitrogen and oxygen atoms in total. The highest BCUT2D eigenvalue weighted by atomic mass is 19.1. The van der Waals surface area contributed by atoms with Gasteiger partial charge in [-0.1, -0.05) is 60.7 Å². The van der Waals surface area contributed by atoms with Crippen molar-refractivity contribution in [3.8, 4) is 11.5 Å². The third-order valence-electron chi connectivity index (χ3n) is 6.28. The van der Waals surface area contributed by atoms with Gasteiger partial charge in [-0.25, -0.2) is 4.39 Å². The molecule has 36 heavy (non-hydrogen) atoms. The topological polar surface area (TPSA) is 59.8 Å². The highest BCUT2D eigenvalue weighted by Gasteiger charge is 2.42. The lowest BCUT2D eigenvalue weighted by atomic mass is 9.98. The molecule has 0 radical (unpaired) electrons. The second-order valence-corrected chi connectivity index (χ2v) is 8.62. The highest BCUT2D eigenvalue weighted by Crippen LogP contribution is 2.40. The molecule has 1 aliphatic rings. The Morgan fingerprint density at radius 3 is 2.31 bits per heavy atom. The van der Waals surface area contributed by atoms with E-state index in [4.69, 9.17) is 9.15 Å². The summed E-state index contributed by atoms with van der Waals surface area (Å²) < 4.78 is 25.9. The zero-order chi connectivity index (χ0) is 24.6. The van der Waals surface area contributed by atoms with E-state index in [1.165, 1.54) is 12.1 Å². The average molecular weight is 477 g/mol. The number of hydrogen-bond donors (Lipinski definition) is 0. The number of carbonyl (C=O) groups excluding carboxylic acids is 1. The van der Waals surface area contributed by atoms with Crippen molar-refractivity contribution in [1.82, 2.24) is 4.90 Å². The van der Waals surface area contributed by atoms with Crippen LogP contribution in [0, 0.1) is 5.82 Å². The van der Waals surface area contributed by atoms with Crippen LogP contribution in [0.3, 0.4) is 0 Å². The molecule has 4 aromatic carbocycles. The number of fused-ring (bicyclic) bond motifs is 2.